The van der Waals surface area contributed by atoms with E-state index in [2.05, 4.69) is 26.3 Å². The molecular formula is C15H16BrN3O3S2. The van der Waals surface area contributed by atoms with E-state index < -0.39 is 9.84 Å². The molecule has 0 saturated carbocycles. The molecule has 2 aromatic rings. The summed E-state index contributed by atoms with van der Waals surface area (Å²) < 4.78 is 26.4. The molecule has 0 aromatic carbocycles. The predicted molar refractivity (Wildman–Crippen MR) is 96.4 cm³/mol. The van der Waals surface area contributed by atoms with Crippen molar-refractivity contribution in [3.8, 4) is 0 Å². The average molecular weight is 430 g/mol. The van der Waals surface area contributed by atoms with Crippen LogP contribution in [0, 0.1) is 6.92 Å². The Morgan fingerprint density at radius 2 is 2.21 bits per heavy atom. The summed E-state index contributed by atoms with van der Waals surface area (Å²) in [5, 5.41) is 7.51. The van der Waals surface area contributed by atoms with Gasteiger partial charge in [0.25, 0.3) is 0 Å². The third kappa shape index (κ3) is 2.72. The first-order chi connectivity index (χ1) is 11.3. The fraction of sp³-hybridized carbons (Fsp3) is 0.467. The number of nitrogens with one attached hydrogen (secondary N) is 1. The molecule has 0 spiro atoms. The molecule has 9 heteroatoms. The number of halogens is 1. The fourth-order valence-corrected chi connectivity index (χ4v) is 6.79. The molecule has 0 bridgehead atoms. The number of aryl methyl sites for hydroxylation is 1. The molecule has 2 unspecified atom stereocenters. The Kier molecular flexibility index (Phi) is 3.85. The quantitative estimate of drug-likeness (QED) is 0.795. The number of sulfone groups is 1. The van der Waals surface area contributed by atoms with Crippen molar-refractivity contribution in [1.29, 1.82) is 0 Å². The fourth-order valence-electron chi connectivity index (χ4n) is 3.56. The van der Waals surface area contributed by atoms with Gasteiger partial charge >= 0.3 is 0 Å². The predicted octanol–water partition coefficient (Wildman–Crippen LogP) is 2.85. The molecule has 128 valence electrons. The summed E-state index contributed by atoms with van der Waals surface area (Å²) >= 11 is 5.09. The van der Waals surface area contributed by atoms with Crippen molar-refractivity contribution in [1.82, 2.24) is 9.78 Å². The largest absolute Gasteiger partial charge is 0.311 e. The Morgan fingerprint density at radius 3 is 2.83 bits per heavy atom. The van der Waals surface area contributed by atoms with Gasteiger partial charge in [-0.25, -0.2) is 13.1 Å². The summed E-state index contributed by atoms with van der Waals surface area (Å²) in [4.78, 5) is 13.4. The Hall–Kier alpha value is -1.19. The van der Waals surface area contributed by atoms with Gasteiger partial charge in [-0.05, 0) is 41.4 Å². The van der Waals surface area contributed by atoms with Crippen LogP contribution in [0.4, 0.5) is 5.82 Å². The van der Waals surface area contributed by atoms with E-state index >= 15 is 0 Å². The Labute approximate surface area is 152 Å². The van der Waals surface area contributed by atoms with Crippen molar-refractivity contribution in [2.24, 2.45) is 0 Å². The van der Waals surface area contributed by atoms with Gasteiger partial charge in [-0.15, -0.1) is 11.3 Å². The second kappa shape index (κ2) is 5.67. The normalized spacial score (nSPS) is 25.5. The Balaban J connectivity index is 1.80. The van der Waals surface area contributed by atoms with Gasteiger partial charge in [0.05, 0.1) is 27.0 Å². The molecular weight excluding hydrogens is 414 g/mol. The molecule has 4 rings (SSSR count). The third-order valence-corrected chi connectivity index (χ3v) is 8.11. The van der Waals surface area contributed by atoms with Gasteiger partial charge < -0.3 is 5.32 Å². The van der Waals surface area contributed by atoms with Crippen molar-refractivity contribution in [3.05, 3.63) is 32.1 Å². The number of nitrogens with zero attached hydrogens (tertiary/aromatic N) is 2. The van der Waals surface area contributed by atoms with Crippen LogP contribution in [-0.2, 0) is 14.6 Å². The highest BCUT2D eigenvalue weighted by atomic mass is 79.9. The monoisotopic (exact) mass is 429 g/mol. The molecule has 1 amide bonds. The number of hydrogen-bond acceptors (Lipinski definition) is 5. The molecule has 2 aliphatic rings. The molecule has 4 heterocycles. The lowest BCUT2D eigenvalue weighted by Gasteiger charge is -2.24. The lowest BCUT2D eigenvalue weighted by atomic mass is 9.90. The van der Waals surface area contributed by atoms with Crippen molar-refractivity contribution in [3.63, 3.8) is 0 Å². The lowest BCUT2D eigenvalue weighted by Crippen LogP contribution is -2.26. The van der Waals surface area contributed by atoms with Crippen LogP contribution in [0.3, 0.4) is 0 Å². The summed E-state index contributed by atoms with van der Waals surface area (Å²) in [6, 6.07) is 3.81. The zero-order valence-electron chi connectivity index (χ0n) is 13.0. The first kappa shape index (κ1) is 16.3. The zero-order chi connectivity index (χ0) is 17.1. The molecule has 2 aromatic heterocycles. The number of carbonyl (C=O) groups is 1. The minimum Gasteiger partial charge on any atom is -0.311 e. The van der Waals surface area contributed by atoms with E-state index in [1.54, 1.807) is 16.0 Å². The molecule has 1 saturated heterocycles. The zero-order valence-corrected chi connectivity index (χ0v) is 16.2. The summed E-state index contributed by atoms with van der Waals surface area (Å²) in [6.45, 7) is 1.92. The number of rotatable bonds is 2. The number of fused-ring (bicyclic) bond motifs is 1. The molecule has 2 aliphatic heterocycles. The molecule has 2 atom stereocenters. The third-order valence-electron chi connectivity index (χ3n) is 4.62. The van der Waals surface area contributed by atoms with E-state index in [0.29, 0.717) is 18.7 Å². The van der Waals surface area contributed by atoms with E-state index in [4.69, 9.17) is 0 Å². The highest BCUT2D eigenvalue weighted by molar-refractivity contribution is 9.11. The van der Waals surface area contributed by atoms with Gasteiger partial charge in [0, 0.05) is 22.8 Å². The van der Waals surface area contributed by atoms with Crippen molar-refractivity contribution in [2.45, 2.75) is 31.7 Å². The highest BCUT2D eigenvalue weighted by Gasteiger charge is 2.37. The SMILES string of the molecule is Cc1nn(C2CCS(=O)(=O)C2)c2c1C(c1ccc(Br)s1)CC(=O)N2. The maximum absolute atomic E-state index is 12.2. The smallest absolute Gasteiger partial charge is 0.226 e. The van der Waals surface area contributed by atoms with Crippen LogP contribution < -0.4 is 5.32 Å². The summed E-state index contributed by atoms with van der Waals surface area (Å²) in [5.74, 6) is 0.850. The summed E-state index contributed by atoms with van der Waals surface area (Å²) in [5.41, 5.74) is 1.86. The van der Waals surface area contributed by atoms with E-state index in [1.807, 2.05) is 19.1 Å². The van der Waals surface area contributed by atoms with E-state index in [0.717, 1.165) is 19.9 Å². The number of carbonyl (C=O) groups excluding carboxylic acids is 1. The Morgan fingerprint density at radius 1 is 1.42 bits per heavy atom. The second-order valence-electron chi connectivity index (χ2n) is 6.30. The summed E-state index contributed by atoms with van der Waals surface area (Å²) in [6.07, 6.45) is 0.927. The van der Waals surface area contributed by atoms with Crippen molar-refractivity contribution in [2.75, 3.05) is 16.8 Å². The van der Waals surface area contributed by atoms with Gasteiger partial charge in [-0.1, -0.05) is 0 Å². The summed E-state index contributed by atoms with van der Waals surface area (Å²) in [7, 11) is -3.01. The molecule has 0 aliphatic carbocycles. The number of amides is 1. The first-order valence-electron chi connectivity index (χ1n) is 7.68. The van der Waals surface area contributed by atoms with E-state index in [1.165, 1.54) is 0 Å². The van der Waals surface area contributed by atoms with Crippen LogP contribution in [-0.4, -0.2) is 35.6 Å². The van der Waals surface area contributed by atoms with Crippen LogP contribution in [0.2, 0.25) is 0 Å². The molecule has 6 nitrogen and oxygen atoms in total. The lowest BCUT2D eigenvalue weighted by molar-refractivity contribution is -0.116. The number of anilines is 1. The van der Waals surface area contributed by atoms with E-state index in [9.17, 15) is 13.2 Å². The van der Waals surface area contributed by atoms with Crippen molar-refractivity contribution >= 4 is 48.8 Å². The van der Waals surface area contributed by atoms with Crippen LogP contribution in [0.25, 0.3) is 0 Å². The minimum absolute atomic E-state index is 0.0307. The maximum atomic E-state index is 12.2. The second-order valence-corrected chi connectivity index (χ2v) is 11.0. The molecule has 24 heavy (non-hydrogen) atoms. The van der Waals surface area contributed by atoms with Crippen LogP contribution in [0.5, 0.6) is 0 Å². The van der Waals surface area contributed by atoms with Gasteiger partial charge in [-0.3, -0.25) is 4.79 Å². The number of thiophene rings is 1. The van der Waals surface area contributed by atoms with Crippen molar-refractivity contribution < 1.29 is 13.2 Å². The molecule has 1 fully saturated rings. The highest BCUT2D eigenvalue weighted by Crippen LogP contribution is 2.43. The van der Waals surface area contributed by atoms with Gasteiger partial charge in [0.15, 0.2) is 9.84 Å². The average Bonchev–Trinajstić information content (AvgIpc) is 3.17. The number of hydrogen-bond donors (Lipinski definition) is 1. The van der Waals surface area contributed by atoms with Gasteiger partial charge in [0.2, 0.25) is 5.91 Å². The maximum Gasteiger partial charge on any atom is 0.226 e. The topological polar surface area (TPSA) is 81.1 Å². The van der Waals surface area contributed by atoms with Crippen LogP contribution in [0.15, 0.2) is 15.9 Å². The van der Waals surface area contributed by atoms with E-state index in [-0.39, 0.29) is 29.4 Å². The molecule has 0 radical (unpaired) electrons. The first-order valence-corrected chi connectivity index (χ1v) is 11.1. The van der Waals surface area contributed by atoms with Crippen LogP contribution >= 0.6 is 27.3 Å². The van der Waals surface area contributed by atoms with Gasteiger partial charge in [0.1, 0.15) is 5.82 Å². The minimum atomic E-state index is -3.01. The standard InChI is InChI=1S/C15H16BrN3O3S2/c1-8-14-10(11-2-3-12(16)23-11)6-13(20)17-15(14)19(18-8)9-4-5-24(21,22)7-9/h2-3,9-10H,4-7H2,1H3,(H,17,20). The Bertz CT molecular complexity index is 932. The van der Waals surface area contributed by atoms with Crippen LogP contribution in [0.1, 0.15) is 40.9 Å². The molecule has 1 N–H and O–H groups in total. The van der Waals surface area contributed by atoms with Gasteiger partial charge in [-0.2, -0.15) is 5.10 Å². The number of aromatic nitrogens is 2.